The summed E-state index contributed by atoms with van der Waals surface area (Å²) in [5.41, 5.74) is 8.90. The number of fused-ring (bicyclic) bond motifs is 2. The third kappa shape index (κ3) is 6.72. The molecular weight excluding hydrogens is 652 g/mol. The summed E-state index contributed by atoms with van der Waals surface area (Å²) in [6.07, 6.45) is 5.91. The molecule has 6 aromatic rings. The molecule has 1 saturated heterocycles. The van der Waals surface area contributed by atoms with Crippen LogP contribution in [0.4, 0.5) is 5.69 Å². The number of H-pyrrole nitrogens is 1. The van der Waals surface area contributed by atoms with Gasteiger partial charge in [-0.2, -0.15) is 5.10 Å². The molecule has 0 saturated carbocycles. The van der Waals surface area contributed by atoms with E-state index in [1.165, 1.54) is 5.57 Å². The summed E-state index contributed by atoms with van der Waals surface area (Å²) in [7, 11) is 0. The van der Waals surface area contributed by atoms with Gasteiger partial charge in [-0.1, -0.05) is 23.7 Å². The predicted molar refractivity (Wildman–Crippen MR) is 193 cm³/mol. The zero-order valence-corrected chi connectivity index (χ0v) is 28.7. The quantitative estimate of drug-likeness (QED) is 0.160. The number of aromatic nitrogens is 6. The van der Waals surface area contributed by atoms with Crippen LogP contribution < -0.4 is 10.1 Å². The van der Waals surface area contributed by atoms with E-state index in [9.17, 15) is 4.79 Å². The number of aryl methyl sites for hydroxylation is 2. The fraction of sp³-hybridized carbons (Fsp3) is 0.289. The lowest BCUT2D eigenvalue weighted by molar-refractivity contribution is -0.0591. The van der Waals surface area contributed by atoms with E-state index >= 15 is 0 Å². The molecule has 0 spiro atoms. The first-order valence-corrected chi connectivity index (χ1v) is 17.2. The monoisotopic (exact) mass is 688 g/mol. The number of anilines is 1. The second-order valence-corrected chi connectivity index (χ2v) is 13.4. The van der Waals surface area contributed by atoms with Gasteiger partial charge in [-0.15, -0.1) is 0 Å². The van der Waals surface area contributed by atoms with Crippen molar-refractivity contribution in [1.82, 2.24) is 34.6 Å². The molecule has 2 aromatic carbocycles. The number of imidazole rings is 1. The molecule has 50 heavy (non-hydrogen) atoms. The van der Waals surface area contributed by atoms with Crippen molar-refractivity contribution in [2.45, 2.75) is 52.5 Å². The number of carbonyl (C=O) groups is 1. The largest absolute Gasteiger partial charge is 0.471 e. The van der Waals surface area contributed by atoms with Gasteiger partial charge in [-0.3, -0.25) is 19.8 Å². The molecule has 1 amide bonds. The third-order valence-electron chi connectivity index (χ3n) is 9.46. The van der Waals surface area contributed by atoms with Crippen LogP contribution in [0.15, 0.2) is 72.9 Å². The maximum atomic E-state index is 13.4. The molecular formula is C38H37ClN8O3. The first-order chi connectivity index (χ1) is 24.4. The Morgan fingerprint density at radius 1 is 1.12 bits per heavy atom. The smallest absolute Gasteiger partial charge is 0.255 e. The minimum absolute atomic E-state index is 0.169. The van der Waals surface area contributed by atoms with Gasteiger partial charge in [0, 0.05) is 48.6 Å². The molecule has 0 aliphatic carbocycles. The minimum Gasteiger partial charge on any atom is -0.471 e. The molecule has 11 nitrogen and oxygen atoms in total. The molecule has 0 radical (unpaired) electrons. The summed E-state index contributed by atoms with van der Waals surface area (Å²) in [6, 6.07) is 19.2. The molecule has 2 aliphatic heterocycles. The van der Waals surface area contributed by atoms with Crippen LogP contribution in [0, 0.1) is 13.8 Å². The van der Waals surface area contributed by atoms with E-state index in [0.717, 1.165) is 95.2 Å². The van der Waals surface area contributed by atoms with Crippen molar-refractivity contribution in [3.8, 4) is 5.88 Å². The van der Waals surface area contributed by atoms with E-state index < -0.39 is 0 Å². The van der Waals surface area contributed by atoms with Crippen LogP contribution >= 0.6 is 11.6 Å². The number of nitrogens with zero attached hydrogens (tertiary/aromatic N) is 6. The van der Waals surface area contributed by atoms with Crippen LogP contribution in [-0.2, 0) is 24.4 Å². The van der Waals surface area contributed by atoms with Crippen molar-refractivity contribution in [3.05, 3.63) is 112 Å². The number of hydrogen-bond acceptors (Lipinski definition) is 8. The highest BCUT2D eigenvalue weighted by molar-refractivity contribution is 6.30. The average molecular weight is 689 g/mol. The van der Waals surface area contributed by atoms with Crippen molar-refractivity contribution in [2.75, 3.05) is 25.0 Å². The Balaban J connectivity index is 0.972. The molecule has 12 heteroatoms. The highest BCUT2D eigenvalue weighted by Gasteiger charge is 2.24. The van der Waals surface area contributed by atoms with Gasteiger partial charge in [0.05, 0.1) is 57.8 Å². The summed E-state index contributed by atoms with van der Waals surface area (Å²) in [5, 5.41) is 12.1. The van der Waals surface area contributed by atoms with Crippen LogP contribution in [0.5, 0.6) is 5.88 Å². The van der Waals surface area contributed by atoms with Gasteiger partial charge in [0.2, 0.25) is 5.88 Å². The number of aromatic amines is 1. The van der Waals surface area contributed by atoms with E-state index in [1.54, 1.807) is 12.3 Å². The molecule has 1 atom stereocenters. The summed E-state index contributed by atoms with van der Waals surface area (Å²) in [4.78, 5) is 30.0. The Hall–Kier alpha value is -5.10. The lowest BCUT2D eigenvalue weighted by atomic mass is 10.0. The second kappa shape index (κ2) is 13.7. The van der Waals surface area contributed by atoms with Gasteiger partial charge in [0.15, 0.2) is 0 Å². The van der Waals surface area contributed by atoms with Gasteiger partial charge in [0.1, 0.15) is 12.4 Å². The Bertz CT molecular complexity index is 2240. The van der Waals surface area contributed by atoms with Crippen molar-refractivity contribution in [1.29, 1.82) is 0 Å². The highest BCUT2D eigenvalue weighted by Crippen LogP contribution is 2.28. The van der Waals surface area contributed by atoms with E-state index in [0.29, 0.717) is 29.6 Å². The maximum Gasteiger partial charge on any atom is 0.255 e. The number of ether oxygens (including phenoxy) is 2. The summed E-state index contributed by atoms with van der Waals surface area (Å²) >= 11 is 5.95. The van der Waals surface area contributed by atoms with Crippen LogP contribution in [0.1, 0.15) is 51.7 Å². The van der Waals surface area contributed by atoms with Gasteiger partial charge in [-0.05, 0) is 86.4 Å². The first-order valence-electron chi connectivity index (χ1n) is 16.9. The maximum absolute atomic E-state index is 13.4. The number of benzene rings is 2. The summed E-state index contributed by atoms with van der Waals surface area (Å²) in [5.74, 6) is 1.35. The van der Waals surface area contributed by atoms with Gasteiger partial charge >= 0.3 is 0 Å². The fourth-order valence-electron chi connectivity index (χ4n) is 6.58. The van der Waals surface area contributed by atoms with Crippen molar-refractivity contribution < 1.29 is 14.3 Å². The Kier molecular flexibility index (Phi) is 8.78. The number of nitrogens with one attached hydrogen (secondary N) is 2. The predicted octanol–water partition coefficient (Wildman–Crippen LogP) is 6.88. The summed E-state index contributed by atoms with van der Waals surface area (Å²) < 4.78 is 14.0. The standard InChI is InChI=1S/C38H37ClN8O3/c1-23-16-29(18-31-24(2)44-45-37(23)31)41-38(48)26-6-9-34-33(17-26)42-35(47(34)20-30-12-15-49-30)21-46-13-10-25(11-14-46)32-4-3-5-36(43-32)50-22-28-8-7-27(39)19-40-28/h3-10,16-19,30H,11-15,20-22H2,1-2H3,(H,41,48)(H,44,45)/t30-/m0/s1. The summed E-state index contributed by atoms with van der Waals surface area (Å²) in [6.45, 7) is 8.12. The molecule has 0 unspecified atom stereocenters. The van der Waals surface area contributed by atoms with E-state index in [2.05, 4.69) is 36.0 Å². The normalized spacial score (nSPS) is 16.4. The van der Waals surface area contributed by atoms with E-state index in [4.69, 9.17) is 31.0 Å². The van der Waals surface area contributed by atoms with Crippen LogP contribution in [-0.4, -0.2) is 66.3 Å². The van der Waals surface area contributed by atoms with Gasteiger partial charge < -0.3 is 19.4 Å². The van der Waals surface area contributed by atoms with Crippen LogP contribution in [0.25, 0.3) is 27.5 Å². The number of rotatable bonds is 10. The SMILES string of the molecule is Cc1n[nH]c2c(C)cc(NC(=O)c3ccc4c(c3)nc(CN3CC=C(c5cccc(OCc6ccc(Cl)cn6)n5)CC3)n4C[C@@H]3CCO3)cc12. The number of hydrogen-bond donors (Lipinski definition) is 2. The number of pyridine rings is 2. The lowest BCUT2D eigenvalue weighted by Crippen LogP contribution is -2.33. The molecule has 4 aromatic heterocycles. The number of halogens is 1. The van der Waals surface area contributed by atoms with Gasteiger partial charge in [0.25, 0.3) is 5.91 Å². The van der Waals surface area contributed by atoms with E-state index in [-0.39, 0.29) is 12.0 Å². The van der Waals surface area contributed by atoms with E-state index in [1.807, 2.05) is 68.4 Å². The van der Waals surface area contributed by atoms with Crippen molar-refractivity contribution in [2.24, 2.45) is 0 Å². The fourth-order valence-corrected chi connectivity index (χ4v) is 6.69. The molecule has 1 fully saturated rings. The lowest BCUT2D eigenvalue weighted by Gasteiger charge is -2.29. The molecule has 254 valence electrons. The van der Waals surface area contributed by atoms with Crippen LogP contribution in [0.3, 0.4) is 0 Å². The molecule has 2 N–H and O–H groups in total. The molecule has 2 aliphatic rings. The molecule has 8 rings (SSSR count). The van der Waals surface area contributed by atoms with Gasteiger partial charge in [-0.25, -0.2) is 9.97 Å². The highest BCUT2D eigenvalue weighted by atomic mass is 35.5. The molecule has 6 heterocycles. The van der Waals surface area contributed by atoms with Crippen molar-refractivity contribution in [3.63, 3.8) is 0 Å². The topological polar surface area (TPSA) is 123 Å². The minimum atomic E-state index is -0.177. The Morgan fingerprint density at radius 3 is 2.80 bits per heavy atom. The number of amides is 1. The zero-order chi connectivity index (χ0) is 34.2. The third-order valence-corrected chi connectivity index (χ3v) is 9.68. The van der Waals surface area contributed by atoms with Crippen LogP contribution in [0.2, 0.25) is 5.02 Å². The first kappa shape index (κ1) is 32.1. The zero-order valence-electron chi connectivity index (χ0n) is 27.9. The molecule has 0 bridgehead atoms. The van der Waals surface area contributed by atoms with Crippen molar-refractivity contribution >= 4 is 50.7 Å². The number of carbonyl (C=O) groups excluding carboxylic acids is 1. The Labute approximate surface area is 294 Å². The average Bonchev–Trinajstić information content (AvgIpc) is 3.65. The second-order valence-electron chi connectivity index (χ2n) is 12.9. The Morgan fingerprint density at radius 2 is 2.02 bits per heavy atom.